The zero-order chi connectivity index (χ0) is 8.27. The van der Waals surface area contributed by atoms with E-state index in [-0.39, 0.29) is 6.61 Å². The van der Waals surface area contributed by atoms with E-state index in [0.717, 1.165) is 5.56 Å². The van der Waals surface area contributed by atoms with Crippen LogP contribution in [0, 0.1) is 0 Å². The standard InChI is InChI=1S/C8H9ClO2/c9-8(11)7-3-1-6(5-10)2-4-7/h1-4,8,10-11H,5H2. The summed E-state index contributed by atoms with van der Waals surface area (Å²) in [7, 11) is 0. The molecule has 0 aliphatic rings. The average Bonchev–Trinajstić information content (AvgIpc) is 2.05. The van der Waals surface area contributed by atoms with Crippen LogP contribution in [0.1, 0.15) is 16.7 Å². The van der Waals surface area contributed by atoms with E-state index in [2.05, 4.69) is 0 Å². The van der Waals surface area contributed by atoms with Gasteiger partial charge < -0.3 is 10.2 Å². The Balaban J connectivity index is 2.83. The summed E-state index contributed by atoms with van der Waals surface area (Å²) in [6.07, 6.45) is 0. The Hall–Kier alpha value is -0.570. The fourth-order valence-corrected chi connectivity index (χ4v) is 0.927. The second kappa shape index (κ2) is 3.72. The van der Waals surface area contributed by atoms with Crippen molar-refractivity contribution < 1.29 is 10.2 Å². The van der Waals surface area contributed by atoms with E-state index < -0.39 is 5.56 Å². The van der Waals surface area contributed by atoms with E-state index in [1.807, 2.05) is 0 Å². The summed E-state index contributed by atoms with van der Waals surface area (Å²) < 4.78 is 0. The van der Waals surface area contributed by atoms with Crippen LogP contribution in [-0.4, -0.2) is 10.2 Å². The molecule has 1 aromatic carbocycles. The third-order valence-electron chi connectivity index (χ3n) is 1.44. The number of aliphatic hydroxyl groups excluding tert-OH is 2. The maximum Gasteiger partial charge on any atom is 0.153 e. The molecule has 0 bridgehead atoms. The van der Waals surface area contributed by atoms with Crippen molar-refractivity contribution in [3.8, 4) is 0 Å². The summed E-state index contributed by atoms with van der Waals surface area (Å²) in [6.45, 7) is 0.0126. The molecule has 0 aliphatic carbocycles. The van der Waals surface area contributed by atoms with Crippen LogP contribution >= 0.6 is 11.6 Å². The predicted octanol–water partition coefficient (Wildman–Crippen LogP) is 1.41. The van der Waals surface area contributed by atoms with Crippen LogP contribution in [0.25, 0.3) is 0 Å². The molecule has 1 aromatic rings. The summed E-state index contributed by atoms with van der Waals surface area (Å²) in [4.78, 5) is 0. The van der Waals surface area contributed by atoms with Gasteiger partial charge in [-0.25, -0.2) is 0 Å². The van der Waals surface area contributed by atoms with Crippen molar-refractivity contribution in [1.82, 2.24) is 0 Å². The molecule has 0 aliphatic heterocycles. The van der Waals surface area contributed by atoms with Gasteiger partial charge in [0.05, 0.1) is 6.61 Å². The van der Waals surface area contributed by atoms with Gasteiger partial charge in [0.2, 0.25) is 0 Å². The first-order valence-corrected chi connectivity index (χ1v) is 3.69. The number of alkyl halides is 1. The molecule has 0 aromatic heterocycles. The molecule has 0 saturated carbocycles. The van der Waals surface area contributed by atoms with Crippen LogP contribution in [0.4, 0.5) is 0 Å². The molecule has 60 valence electrons. The lowest BCUT2D eigenvalue weighted by Gasteiger charge is -2.02. The molecule has 0 heterocycles. The molecule has 1 atom stereocenters. The van der Waals surface area contributed by atoms with E-state index in [4.69, 9.17) is 21.8 Å². The fourth-order valence-electron chi connectivity index (χ4n) is 0.782. The van der Waals surface area contributed by atoms with Gasteiger partial charge in [0.1, 0.15) is 0 Å². The Morgan fingerprint density at radius 3 is 2.18 bits per heavy atom. The third kappa shape index (κ3) is 2.19. The maximum absolute atomic E-state index is 8.89. The van der Waals surface area contributed by atoms with Gasteiger partial charge >= 0.3 is 0 Å². The molecule has 0 saturated heterocycles. The molecule has 1 unspecified atom stereocenters. The minimum Gasteiger partial charge on any atom is -0.392 e. The molecule has 0 fully saturated rings. The zero-order valence-electron chi connectivity index (χ0n) is 5.87. The first-order valence-electron chi connectivity index (χ1n) is 3.26. The largest absolute Gasteiger partial charge is 0.392 e. The summed E-state index contributed by atoms with van der Waals surface area (Å²) in [6, 6.07) is 6.81. The lowest BCUT2D eigenvalue weighted by molar-refractivity contribution is 0.262. The molecule has 0 amide bonds. The van der Waals surface area contributed by atoms with Crippen molar-refractivity contribution in [2.24, 2.45) is 0 Å². The summed E-state index contributed by atoms with van der Waals surface area (Å²) in [5, 5.41) is 17.6. The van der Waals surface area contributed by atoms with Gasteiger partial charge in [0.15, 0.2) is 5.56 Å². The quantitative estimate of drug-likeness (QED) is 0.663. The number of hydrogen-bond acceptors (Lipinski definition) is 2. The topological polar surface area (TPSA) is 40.5 Å². The van der Waals surface area contributed by atoms with Crippen LogP contribution in [0.15, 0.2) is 24.3 Å². The molecule has 0 spiro atoms. The van der Waals surface area contributed by atoms with Crippen molar-refractivity contribution >= 4 is 11.6 Å². The molecule has 2 nitrogen and oxygen atoms in total. The zero-order valence-corrected chi connectivity index (χ0v) is 6.62. The molecular formula is C8H9ClO2. The SMILES string of the molecule is OCc1ccc(C(O)Cl)cc1. The Kier molecular flexibility index (Phi) is 2.88. The highest BCUT2D eigenvalue weighted by Gasteiger charge is 2.00. The van der Waals surface area contributed by atoms with Gasteiger partial charge in [-0.3, -0.25) is 0 Å². The van der Waals surface area contributed by atoms with Crippen LogP contribution in [0.3, 0.4) is 0 Å². The Morgan fingerprint density at radius 2 is 1.82 bits per heavy atom. The normalized spacial score (nSPS) is 13.0. The number of halogens is 1. The smallest absolute Gasteiger partial charge is 0.153 e. The summed E-state index contributed by atoms with van der Waals surface area (Å²) in [5.74, 6) is 0. The second-order valence-electron chi connectivity index (χ2n) is 2.24. The van der Waals surface area contributed by atoms with E-state index in [9.17, 15) is 0 Å². The lowest BCUT2D eigenvalue weighted by Crippen LogP contribution is -1.88. The molecule has 11 heavy (non-hydrogen) atoms. The van der Waals surface area contributed by atoms with Gasteiger partial charge in [-0.1, -0.05) is 35.9 Å². The summed E-state index contributed by atoms with van der Waals surface area (Å²) >= 11 is 5.39. The molecule has 2 N–H and O–H groups in total. The number of aliphatic hydroxyl groups is 2. The van der Waals surface area contributed by atoms with Gasteiger partial charge in [-0.15, -0.1) is 0 Å². The Morgan fingerprint density at radius 1 is 1.27 bits per heavy atom. The van der Waals surface area contributed by atoms with Crippen LogP contribution < -0.4 is 0 Å². The average molecular weight is 173 g/mol. The Labute approximate surface area is 70.1 Å². The monoisotopic (exact) mass is 172 g/mol. The number of rotatable bonds is 2. The third-order valence-corrected chi connectivity index (χ3v) is 1.69. The highest BCUT2D eigenvalue weighted by atomic mass is 35.5. The van der Waals surface area contributed by atoms with E-state index >= 15 is 0 Å². The van der Waals surface area contributed by atoms with Gasteiger partial charge in [0, 0.05) is 0 Å². The fraction of sp³-hybridized carbons (Fsp3) is 0.250. The van der Waals surface area contributed by atoms with Crippen LogP contribution in [0.5, 0.6) is 0 Å². The number of hydrogen-bond donors (Lipinski definition) is 2. The molecule has 1 rings (SSSR count). The van der Waals surface area contributed by atoms with Crippen molar-refractivity contribution in [1.29, 1.82) is 0 Å². The molecule has 3 heteroatoms. The minimum atomic E-state index is -0.956. The van der Waals surface area contributed by atoms with E-state index in [1.54, 1.807) is 24.3 Å². The lowest BCUT2D eigenvalue weighted by atomic mass is 10.1. The van der Waals surface area contributed by atoms with Gasteiger partial charge in [0.25, 0.3) is 0 Å². The number of benzene rings is 1. The molecule has 0 radical (unpaired) electrons. The predicted molar refractivity (Wildman–Crippen MR) is 43.2 cm³/mol. The molecular weight excluding hydrogens is 164 g/mol. The second-order valence-corrected chi connectivity index (χ2v) is 2.65. The van der Waals surface area contributed by atoms with Crippen molar-refractivity contribution in [2.75, 3.05) is 0 Å². The maximum atomic E-state index is 8.89. The first-order chi connectivity index (χ1) is 5.24. The van der Waals surface area contributed by atoms with Crippen LogP contribution in [0.2, 0.25) is 0 Å². The van der Waals surface area contributed by atoms with E-state index in [1.165, 1.54) is 0 Å². The minimum absolute atomic E-state index is 0.0126. The van der Waals surface area contributed by atoms with Crippen LogP contribution in [-0.2, 0) is 6.61 Å². The highest BCUT2D eigenvalue weighted by Crippen LogP contribution is 2.16. The van der Waals surface area contributed by atoms with E-state index in [0.29, 0.717) is 5.56 Å². The van der Waals surface area contributed by atoms with Crippen molar-refractivity contribution in [3.63, 3.8) is 0 Å². The highest BCUT2D eigenvalue weighted by molar-refractivity contribution is 6.19. The van der Waals surface area contributed by atoms with Gasteiger partial charge in [-0.2, -0.15) is 0 Å². The first kappa shape index (κ1) is 8.53. The summed E-state index contributed by atoms with van der Waals surface area (Å²) in [5.41, 5.74) is 0.498. The van der Waals surface area contributed by atoms with Crippen molar-refractivity contribution in [3.05, 3.63) is 35.4 Å². The Bertz CT molecular complexity index is 218. The van der Waals surface area contributed by atoms with Gasteiger partial charge in [-0.05, 0) is 11.1 Å². The van der Waals surface area contributed by atoms with Crippen molar-refractivity contribution in [2.45, 2.75) is 12.2 Å².